The van der Waals surface area contributed by atoms with Crippen molar-refractivity contribution in [1.29, 1.82) is 0 Å². The molecule has 1 atom stereocenters. The number of rotatable bonds is 5. The smallest absolute Gasteiger partial charge is 0.257 e. The molecule has 2 heterocycles. The summed E-state index contributed by atoms with van der Waals surface area (Å²) in [6, 6.07) is 2.55. The van der Waals surface area contributed by atoms with Crippen LogP contribution in [0, 0.1) is 11.6 Å². The number of carbonyl (C=O) groups is 2. The van der Waals surface area contributed by atoms with Crippen LogP contribution in [0.2, 0.25) is 0 Å². The van der Waals surface area contributed by atoms with Gasteiger partial charge >= 0.3 is 0 Å². The van der Waals surface area contributed by atoms with Gasteiger partial charge < -0.3 is 15.6 Å². The van der Waals surface area contributed by atoms with Crippen molar-refractivity contribution < 1.29 is 18.4 Å². The van der Waals surface area contributed by atoms with Crippen molar-refractivity contribution in [2.24, 2.45) is 0 Å². The lowest BCUT2D eigenvalue weighted by Crippen LogP contribution is -2.36. The summed E-state index contributed by atoms with van der Waals surface area (Å²) in [5, 5.41) is 5.19. The summed E-state index contributed by atoms with van der Waals surface area (Å²) in [5.74, 6) is -3.28. The van der Waals surface area contributed by atoms with Crippen LogP contribution in [0.1, 0.15) is 31.2 Å². The SMILES string of the molecule is CCCSc1nc2c(c(=O)[nH]1)C(C(=O)Nc1cc(F)cc(F)c1)CC(=O)N2. The van der Waals surface area contributed by atoms with E-state index < -0.39 is 34.9 Å². The van der Waals surface area contributed by atoms with E-state index in [0.29, 0.717) is 11.2 Å². The van der Waals surface area contributed by atoms with Gasteiger partial charge in [0.25, 0.3) is 5.56 Å². The predicted molar refractivity (Wildman–Crippen MR) is 96.8 cm³/mol. The number of benzene rings is 1. The zero-order valence-corrected chi connectivity index (χ0v) is 15.1. The van der Waals surface area contributed by atoms with Crippen LogP contribution in [-0.2, 0) is 9.59 Å². The maximum absolute atomic E-state index is 13.3. The van der Waals surface area contributed by atoms with E-state index in [0.717, 1.165) is 24.3 Å². The Hall–Kier alpha value is -2.75. The molecule has 27 heavy (non-hydrogen) atoms. The zero-order chi connectivity index (χ0) is 19.6. The summed E-state index contributed by atoms with van der Waals surface area (Å²) in [4.78, 5) is 43.8. The predicted octanol–water partition coefficient (Wildman–Crippen LogP) is 2.61. The fourth-order valence-electron chi connectivity index (χ4n) is 2.70. The molecule has 1 aliphatic heterocycles. The zero-order valence-electron chi connectivity index (χ0n) is 14.3. The van der Waals surface area contributed by atoms with Crippen LogP contribution in [-0.4, -0.2) is 27.5 Å². The number of halogens is 2. The maximum Gasteiger partial charge on any atom is 0.257 e. The van der Waals surface area contributed by atoms with Crippen LogP contribution in [0.4, 0.5) is 20.3 Å². The Bertz CT molecular complexity index is 943. The summed E-state index contributed by atoms with van der Waals surface area (Å²) in [6.45, 7) is 1.97. The Morgan fingerprint density at radius 3 is 2.67 bits per heavy atom. The van der Waals surface area contributed by atoms with E-state index >= 15 is 0 Å². The summed E-state index contributed by atoms with van der Waals surface area (Å²) >= 11 is 1.32. The molecule has 7 nitrogen and oxygen atoms in total. The van der Waals surface area contributed by atoms with E-state index in [1.807, 2.05) is 6.92 Å². The third kappa shape index (κ3) is 4.33. The summed E-state index contributed by atoms with van der Waals surface area (Å²) < 4.78 is 26.6. The van der Waals surface area contributed by atoms with Crippen molar-refractivity contribution in [2.45, 2.75) is 30.8 Å². The number of carbonyl (C=O) groups excluding carboxylic acids is 2. The minimum atomic E-state index is -1.12. The van der Waals surface area contributed by atoms with Gasteiger partial charge in [-0.2, -0.15) is 0 Å². The molecule has 1 aromatic heterocycles. The molecule has 0 aliphatic carbocycles. The Labute approximate surface area is 157 Å². The van der Waals surface area contributed by atoms with Gasteiger partial charge in [-0.05, 0) is 18.6 Å². The van der Waals surface area contributed by atoms with Crippen LogP contribution in [0.5, 0.6) is 0 Å². The number of nitrogens with zero attached hydrogens (tertiary/aromatic N) is 1. The number of anilines is 2. The van der Waals surface area contributed by atoms with E-state index in [-0.39, 0.29) is 23.5 Å². The third-order valence-electron chi connectivity index (χ3n) is 3.82. The number of fused-ring (bicyclic) bond motifs is 1. The lowest BCUT2D eigenvalue weighted by molar-refractivity contribution is -0.123. The van der Waals surface area contributed by atoms with Gasteiger partial charge in [-0.15, -0.1) is 0 Å². The molecular weight excluding hydrogens is 378 g/mol. The Balaban J connectivity index is 1.92. The third-order valence-corrected chi connectivity index (χ3v) is 4.90. The average Bonchev–Trinajstić information content (AvgIpc) is 2.57. The lowest BCUT2D eigenvalue weighted by atomic mass is 9.92. The molecule has 1 aliphatic rings. The Morgan fingerprint density at radius 2 is 2.00 bits per heavy atom. The molecule has 0 radical (unpaired) electrons. The van der Waals surface area contributed by atoms with Crippen LogP contribution >= 0.6 is 11.8 Å². The molecule has 3 rings (SSSR count). The summed E-state index contributed by atoms with van der Waals surface area (Å²) in [6.07, 6.45) is 0.593. The highest BCUT2D eigenvalue weighted by atomic mass is 32.2. The number of hydrogen-bond donors (Lipinski definition) is 3. The number of thioether (sulfide) groups is 1. The fourth-order valence-corrected chi connectivity index (χ4v) is 3.42. The first-order chi connectivity index (χ1) is 12.9. The topological polar surface area (TPSA) is 104 Å². The first-order valence-electron chi connectivity index (χ1n) is 8.21. The number of hydrogen-bond acceptors (Lipinski definition) is 5. The molecule has 0 saturated carbocycles. The first-order valence-corrected chi connectivity index (χ1v) is 9.19. The van der Waals surface area contributed by atoms with Crippen molar-refractivity contribution in [3.05, 3.63) is 45.8 Å². The van der Waals surface area contributed by atoms with Gasteiger partial charge in [0.1, 0.15) is 17.5 Å². The quantitative estimate of drug-likeness (QED) is 0.534. The van der Waals surface area contributed by atoms with E-state index in [1.165, 1.54) is 11.8 Å². The molecule has 142 valence electrons. The average molecular weight is 394 g/mol. The van der Waals surface area contributed by atoms with Gasteiger partial charge in [0.15, 0.2) is 5.16 Å². The molecule has 3 N–H and O–H groups in total. The number of nitrogens with one attached hydrogen (secondary N) is 3. The lowest BCUT2D eigenvalue weighted by Gasteiger charge is -2.23. The number of amides is 2. The molecule has 2 aromatic rings. The summed E-state index contributed by atoms with van der Waals surface area (Å²) in [5.41, 5.74) is -0.626. The molecule has 10 heteroatoms. The van der Waals surface area contributed by atoms with Crippen molar-refractivity contribution in [2.75, 3.05) is 16.4 Å². The van der Waals surface area contributed by atoms with Crippen LogP contribution in [0.25, 0.3) is 0 Å². The summed E-state index contributed by atoms with van der Waals surface area (Å²) in [7, 11) is 0. The Kier molecular flexibility index (Phi) is 5.54. The highest BCUT2D eigenvalue weighted by Crippen LogP contribution is 2.30. The normalized spacial score (nSPS) is 15.8. The number of aromatic nitrogens is 2. The monoisotopic (exact) mass is 394 g/mol. The molecule has 0 spiro atoms. The maximum atomic E-state index is 13.3. The largest absolute Gasteiger partial charge is 0.325 e. The van der Waals surface area contributed by atoms with E-state index in [4.69, 9.17) is 0 Å². The fraction of sp³-hybridized carbons (Fsp3) is 0.294. The van der Waals surface area contributed by atoms with Gasteiger partial charge in [0, 0.05) is 23.9 Å². The van der Waals surface area contributed by atoms with E-state index in [2.05, 4.69) is 20.6 Å². The minimum Gasteiger partial charge on any atom is -0.325 e. The van der Waals surface area contributed by atoms with Gasteiger partial charge in [0.2, 0.25) is 11.8 Å². The second-order valence-electron chi connectivity index (χ2n) is 5.93. The molecule has 0 saturated heterocycles. The number of aromatic amines is 1. The number of H-pyrrole nitrogens is 1. The molecular formula is C17H16F2N4O3S. The second-order valence-corrected chi connectivity index (χ2v) is 7.02. The second kappa shape index (κ2) is 7.87. The van der Waals surface area contributed by atoms with Crippen molar-refractivity contribution in [3.63, 3.8) is 0 Å². The van der Waals surface area contributed by atoms with Crippen LogP contribution in [0.15, 0.2) is 28.2 Å². The van der Waals surface area contributed by atoms with Crippen molar-refractivity contribution in [1.82, 2.24) is 9.97 Å². The van der Waals surface area contributed by atoms with E-state index in [1.54, 1.807) is 0 Å². The standard InChI is InChI=1S/C17H16F2N4O3S/c1-2-3-27-17-22-14-13(16(26)23-17)11(7-12(24)21-14)15(25)20-10-5-8(18)4-9(19)6-10/h4-6,11H,2-3,7H2,1H3,(H,20,25)(H2,21,22,23,24,26). The van der Waals surface area contributed by atoms with Crippen LogP contribution < -0.4 is 16.2 Å². The molecule has 2 amide bonds. The van der Waals surface area contributed by atoms with Gasteiger partial charge in [-0.3, -0.25) is 14.4 Å². The Morgan fingerprint density at radius 1 is 1.30 bits per heavy atom. The highest BCUT2D eigenvalue weighted by molar-refractivity contribution is 7.99. The van der Waals surface area contributed by atoms with Gasteiger partial charge in [-0.1, -0.05) is 18.7 Å². The van der Waals surface area contributed by atoms with Gasteiger partial charge in [-0.25, -0.2) is 13.8 Å². The van der Waals surface area contributed by atoms with E-state index in [9.17, 15) is 23.2 Å². The van der Waals surface area contributed by atoms with Crippen molar-refractivity contribution >= 4 is 35.1 Å². The molecule has 0 bridgehead atoms. The first kappa shape index (κ1) is 19.0. The molecule has 1 aromatic carbocycles. The van der Waals surface area contributed by atoms with Crippen LogP contribution in [0.3, 0.4) is 0 Å². The molecule has 1 unspecified atom stereocenters. The molecule has 0 fully saturated rings. The highest BCUT2D eigenvalue weighted by Gasteiger charge is 2.34. The van der Waals surface area contributed by atoms with Gasteiger partial charge in [0.05, 0.1) is 11.5 Å². The minimum absolute atomic E-state index is 0.0184. The van der Waals surface area contributed by atoms with Crippen molar-refractivity contribution in [3.8, 4) is 0 Å².